The summed E-state index contributed by atoms with van der Waals surface area (Å²) in [4.78, 5) is 38.1. The Morgan fingerprint density at radius 3 is 2.50 bits per heavy atom. The van der Waals surface area contributed by atoms with E-state index in [2.05, 4.69) is 48.0 Å². The van der Waals surface area contributed by atoms with Crippen molar-refractivity contribution < 1.29 is 14.3 Å². The molecule has 1 saturated heterocycles. The van der Waals surface area contributed by atoms with Crippen LogP contribution in [-0.4, -0.2) is 73.0 Å². The molecule has 2 aliphatic rings. The van der Waals surface area contributed by atoms with Gasteiger partial charge < -0.3 is 24.4 Å². The lowest BCUT2D eigenvalue weighted by atomic mass is 9.78. The van der Waals surface area contributed by atoms with E-state index in [-0.39, 0.29) is 11.8 Å². The smallest absolute Gasteiger partial charge is 0.254 e. The molecule has 2 amide bonds. The van der Waals surface area contributed by atoms with Gasteiger partial charge in [-0.15, -0.1) is 0 Å². The van der Waals surface area contributed by atoms with Crippen LogP contribution < -0.4 is 4.90 Å². The number of para-hydroxylation sites is 1. The maximum absolute atomic E-state index is 14.6. The molecule has 2 unspecified atom stereocenters. The van der Waals surface area contributed by atoms with Gasteiger partial charge in [0.2, 0.25) is 5.91 Å². The number of carbonyl (C=O) groups excluding carboxylic acids is 2. The van der Waals surface area contributed by atoms with Crippen LogP contribution in [0.3, 0.4) is 0 Å². The van der Waals surface area contributed by atoms with Gasteiger partial charge in [0.05, 0.1) is 18.6 Å². The number of nitrogens with one attached hydrogen (secondary N) is 1. The van der Waals surface area contributed by atoms with Gasteiger partial charge in [-0.1, -0.05) is 48.5 Å². The zero-order chi connectivity index (χ0) is 27.8. The molecule has 206 valence electrons. The van der Waals surface area contributed by atoms with Crippen molar-refractivity contribution in [2.45, 2.75) is 25.8 Å². The SMILES string of the molecule is COCCN1C(=O)c2ccccc2C(C(=O)N2CCN(c3cc(C)ccc3C)CC2)C1c1c[nH]c2ccccc12. The van der Waals surface area contributed by atoms with E-state index in [9.17, 15) is 9.59 Å². The molecular formula is C33H36N4O3. The Kier molecular flexibility index (Phi) is 7.07. The molecule has 3 aromatic carbocycles. The fraction of sp³-hybridized carbons (Fsp3) is 0.333. The lowest BCUT2D eigenvalue weighted by Crippen LogP contribution is -2.54. The number of aryl methyl sites for hydroxylation is 2. The van der Waals surface area contributed by atoms with Crippen LogP contribution in [0.25, 0.3) is 10.9 Å². The topological polar surface area (TPSA) is 68.9 Å². The number of anilines is 1. The van der Waals surface area contributed by atoms with Gasteiger partial charge in [0.1, 0.15) is 0 Å². The van der Waals surface area contributed by atoms with E-state index in [0.717, 1.165) is 35.1 Å². The van der Waals surface area contributed by atoms with Gasteiger partial charge in [-0.05, 0) is 48.7 Å². The molecule has 6 rings (SSSR count). The minimum absolute atomic E-state index is 0.0632. The molecule has 0 radical (unpaired) electrons. The highest BCUT2D eigenvalue weighted by Gasteiger charge is 2.46. The Morgan fingerprint density at radius 1 is 0.950 bits per heavy atom. The van der Waals surface area contributed by atoms with E-state index in [1.54, 1.807) is 7.11 Å². The number of benzene rings is 3. The number of amides is 2. The second-order valence-corrected chi connectivity index (χ2v) is 10.9. The monoisotopic (exact) mass is 536 g/mol. The second-order valence-electron chi connectivity index (χ2n) is 10.9. The maximum Gasteiger partial charge on any atom is 0.254 e. The highest BCUT2D eigenvalue weighted by Crippen LogP contribution is 2.45. The standard InChI is InChI=1S/C33H36N4O3/c1-22-12-13-23(2)29(20-22)35-14-16-36(17-15-35)33(39)30-25-9-4-5-10-26(25)32(38)37(18-19-40-3)31(30)27-21-34-28-11-7-6-8-24(27)28/h4-13,20-21,30-31,34H,14-19H2,1-3H3. The summed E-state index contributed by atoms with van der Waals surface area (Å²) in [5.74, 6) is -0.512. The van der Waals surface area contributed by atoms with Crippen molar-refractivity contribution in [2.24, 2.45) is 0 Å². The second kappa shape index (κ2) is 10.8. The number of carbonyl (C=O) groups is 2. The van der Waals surface area contributed by atoms with Crippen LogP contribution in [0.2, 0.25) is 0 Å². The summed E-state index contributed by atoms with van der Waals surface area (Å²) in [5.41, 5.74) is 7.08. The summed E-state index contributed by atoms with van der Waals surface area (Å²) in [6, 6.07) is 21.8. The van der Waals surface area contributed by atoms with Gasteiger partial charge in [0, 0.05) is 73.7 Å². The van der Waals surface area contributed by atoms with E-state index in [1.165, 1.54) is 16.8 Å². The number of H-pyrrole nitrogens is 1. The number of ether oxygens (including phenoxy) is 1. The molecular weight excluding hydrogens is 500 g/mol. The van der Waals surface area contributed by atoms with Crippen molar-refractivity contribution in [1.82, 2.24) is 14.8 Å². The number of piperazine rings is 1. The van der Waals surface area contributed by atoms with Gasteiger partial charge in [-0.2, -0.15) is 0 Å². The minimum Gasteiger partial charge on any atom is -0.383 e. The van der Waals surface area contributed by atoms with Crippen LogP contribution in [0.5, 0.6) is 0 Å². The Morgan fingerprint density at radius 2 is 1.70 bits per heavy atom. The Hall–Kier alpha value is -4.10. The van der Waals surface area contributed by atoms with E-state index < -0.39 is 12.0 Å². The van der Waals surface area contributed by atoms with Gasteiger partial charge in [0.15, 0.2) is 0 Å². The molecule has 0 saturated carbocycles. The summed E-state index contributed by atoms with van der Waals surface area (Å²) < 4.78 is 5.42. The zero-order valence-corrected chi connectivity index (χ0v) is 23.4. The molecule has 7 heteroatoms. The summed E-state index contributed by atoms with van der Waals surface area (Å²) in [5, 5.41) is 1.03. The van der Waals surface area contributed by atoms with Crippen LogP contribution in [0.1, 0.15) is 44.6 Å². The Labute approximate surface area is 235 Å². The number of fused-ring (bicyclic) bond motifs is 2. The van der Waals surface area contributed by atoms with Crippen molar-refractivity contribution in [3.63, 3.8) is 0 Å². The molecule has 3 heterocycles. The molecule has 7 nitrogen and oxygen atoms in total. The van der Waals surface area contributed by atoms with Crippen LogP contribution in [0.15, 0.2) is 72.9 Å². The number of methoxy groups -OCH3 is 1. The maximum atomic E-state index is 14.6. The molecule has 0 spiro atoms. The van der Waals surface area contributed by atoms with E-state index >= 15 is 0 Å². The van der Waals surface area contributed by atoms with Crippen LogP contribution >= 0.6 is 0 Å². The molecule has 1 N–H and O–H groups in total. The average Bonchev–Trinajstić information content (AvgIpc) is 3.41. The first-order valence-corrected chi connectivity index (χ1v) is 14.0. The Balaban J connectivity index is 1.38. The average molecular weight is 537 g/mol. The van der Waals surface area contributed by atoms with Crippen LogP contribution in [0, 0.1) is 13.8 Å². The predicted molar refractivity (Wildman–Crippen MR) is 158 cm³/mol. The molecule has 1 aromatic heterocycles. The van der Waals surface area contributed by atoms with Crippen molar-refractivity contribution >= 4 is 28.4 Å². The normalized spacial score (nSPS) is 19.3. The predicted octanol–water partition coefficient (Wildman–Crippen LogP) is 5.06. The van der Waals surface area contributed by atoms with Crippen molar-refractivity contribution in [3.8, 4) is 0 Å². The lowest BCUT2D eigenvalue weighted by molar-refractivity contribution is -0.135. The fourth-order valence-corrected chi connectivity index (χ4v) is 6.40. The number of nitrogens with zero attached hydrogens (tertiary/aromatic N) is 3. The molecule has 2 atom stereocenters. The Bertz CT molecular complexity index is 1550. The van der Waals surface area contributed by atoms with Crippen molar-refractivity contribution in [3.05, 3.63) is 101 Å². The first-order valence-electron chi connectivity index (χ1n) is 14.0. The summed E-state index contributed by atoms with van der Waals surface area (Å²) in [6.07, 6.45) is 1.97. The quantitative estimate of drug-likeness (QED) is 0.374. The van der Waals surface area contributed by atoms with Crippen molar-refractivity contribution in [2.75, 3.05) is 51.3 Å². The van der Waals surface area contributed by atoms with E-state index in [4.69, 9.17) is 4.74 Å². The van der Waals surface area contributed by atoms with Gasteiger partial charge >= 0.3 is 0 Å². The molecule has 40 heavy (non-hydrogen) atoms. The summed E-state index contributed by atoms with van der Waals surface area (Å²) in [7, 11) is 1.64. The fourth-order valence-electron chi connectivity index (χ4n) is 6.40. The largest absolute Gasteiger partial charge is 0.383 e. The van der Waals surface area contributed by atoms with Gasteiger partial charge in [-0.3, -0.25) is 9.59 Å². The van der Waals surface area contributed by atoms with Gasteiger partial charge in [-0.25, -0.2) is 0 Å². The molecule has 1 fully saturated rings. The first kappa shape index (κ1) is 26.1. The third kappa shape index (κ3) is 4.54. The molecule has 4 aromatic rings. The summed E-state index contributed by atoms with van der Waals surface area (Å²) in [6.45, 7) is 7.87. The van der Waals surface area contributed by atoms with Crippen LogP contribution in [-0.2, 0) is 9.53 Å². The minimum atomic E-state index is -0.516. The van der Waals surface area contributed by atoms with Crippen molar-refractivity contribution in [1.29, 1.82) is 0 Å². The molecule has 0 aliphatic carbocycles. The number of aromatic amines is 1. The highest BCUT2D eigenvalue weighted by atomic mass is 16.5. The molecule has 0 bridgehead atoms. The number of hydrogen-bond acceptors (Lipinski definition) is 4. The van der Waals surface area contributed by atoms with E-state index in [1.807, 2.05) is 58.5 Å². The molecule has 2 aliphatic heterocycles. The number of aromatic nitrogens is 1. The third-order valence-electron chi connectivity index (χ3n) is 8.48. The summed E-state index contributed by atoms with van der Waals surface area (Å²) >= 11 is 0. The lowest BCUT2D eigenvalue weighted by Gasteiger charge is -2.44. The highest BCUT2D eigenvalue weighted by molar-refractivity contribution is 6.02. The van der Waals surface area contributed by atoms with Gasteiger partial charge in [0.25, 0.3) is 5.91 Å². The zero-order valence-electron chi connectivity index (χ0n) is 23.4. The van der Waals surface area contributed by atoms with E-state index in [0.29, 0.717) is 31.8 Å². The third-order valence-corrected chi connectivity index (χ3v) is 8.48. The number of hydrogen-bond donors (Lipinski definition) is 1. The van der Waals surface area contributed by atoms with Crippen LogP contribution in [0.4, 0.5) is 5.69 Å². The number of rotatable bonds is 6. The first-order chi connectivity index (χ1) is 19.5.